The summed E-state index contributed by atoms with van der Waals surface area (Å²) in [6, 6.07) is 0. The lowest BCUT2D eigenvalue weighted by atomic mass is 10.1. The van der Waals surface area contributed by atoms with Crippen molar-refractivity contribution >= 4 is 5.97 Å². The maximum atomic E-state index is 11.6. The molecule has 108 valence electrons. The third-order valence-corrected chi connectivity index (χ3v) is 3.17. The lowest BCUT2D eigenvalue weighted by Gasteiger charge is -2.10. The maximum absolute atomic E-state index is 11.6. The summed E-state index contributed by atoms with van der Waals surface area (Å²) in [5, 5.41) is 8.05. The van der Waals surface area contributed by atoms with Crippen molar-refractivity contribution in [3.8, 4) is 0 Å². The molecule has 0 saturated heterocycles. The Labute approximate surface area is 115 Å². The van der Waals surface area contributed by atoms with Crippen LogP contribution >= 0.6 is 0 Å². The molecule has 1 aromatic heterocycles. The zero-order valence-corrected chi connectivity index (χ0v) is 12.5. The van der Waals surface area contributed by atoms with Gasteiger partial charge >= 0.3 is 5.97 Å². The topological polar surface area (TPSA) is 57.0 Å². The number of esters is 1. The molecule has 1 heterocycles. The molecule has 0 unspecified atom stereocenters. The summed E-state index contributed by atoms with van der Waals surface area (Å²) in [6.07, 6.45) is 6.05. The van der Waals surface area contributed by atoms with Gasteiger partial charge in [0.15, 0.2) is 5.69 Å². The second-order valence-corrected chi connectivity index (χ2v) is 5.11. The molecule has 0 aliphatic carbocycles. The van der Waals surface area contributed by atoms with Crippen LogP contribution in [-0.4, -0.2) is 28.1 Å². The van der Waals surface area contributed by atoms with Gasteiger partial charge in [0.2, 0.25) is 0 Å². The Morgan fingerprint density at radius 1 is 1.26 bits per heavy atom. The first-order valence-corrected chi connectivity index (χ1v) is 7.13. The lowest BCUT2D eigenvalue weighted by Crippen LogP contribution is -2.11. The van der Waals surface area contributed by atoms with Crippen LogP contribution in [0.2, 0.25) is 0 Å². The highest BCUT2D eigenvalue weighted by atomic mass is 16.5. The van der Waals surface area contributed by atoms with Crippen LogP contribution in [-0.2, 0) is 11.3 Å². The molecule has 0 saturated carbocycles. The summed E-state index contributed by atoms with van der Waals surface area (Å²) in [5.41, 5.74) is 1.23. The zero-order valence-electron chi connectivity index (χ0n) is 12.5. The summed E-state index contributed by atoms with van der Waals surface area (Å²) in [4.78, 5) is 11.6. The van der Waals surface area contributed by atoms with E-state index < -0.39 is 5.97 Å². The van der Waals surface area contributed by atoms with Gasteiger partial charge in [0.05, 0.1) is 12.8 Å². The zero-order chi connectivity index (χ0) is 14.3. The number of aryl methyl sites for hydroxylation is 1. The SMILES string of the molecule is CCCCCCCn1nnc(C(=O)OC)c1C(C)C. The molecule has 0 aliphatic heterocycles. The quantitative estimate of drug-likeness (QED) is 0.536. The van der Waals surface area contributed by atoms with Gasteiger partial charge in [0, 0.05) is 6.54 Å². The van der Waals surface area contributed by atoms with Crippen LogP contribution in [0.5, 0.6) is 0 Å². The van der Waals surface area contributed by atoms with E-state index in [2.05, 4.69) is 17.2 Å². The molecule has 0 fully saturated rings. The third kappa shape index (κ3) is 4.33. The number of carbonyl (C=O) groups excluding carboxylic acids is 1. The van der Waals surface area contributed by atoms with Gasteiger partial charge in [-0.05, 0) is 12.3 Å². The van der Waals surface area contributed by atoms with Crippen molar-refractivity contribution in [2.75, 3.05) is 7.11 Å². The molecule has 5 heteroatoms. The fraction of sp³-hybridized carbons (Fsp3) is 0.786. The molecule has 5 nitrogen and oxygen atoms in total. The molecule has 0 aliphatic rings. The van der Waals surface area contributed by atoms with Gasteiger partial charge in [0.1, 0.15) is 0 Å². The second kappa shape index (κ2) is 7.92. The van der Waals surface area contributed by atoms with E-state index in [1.807, 2.05) is 18.5 Å². The van der Waals surface area contributed by atoms with Crippen molar-refractivity contribution in [1.29, 1.82) is 0 Å². The summed E-state index contributed by atoms with van der Waals surface area (Å²) in [6.45, 7) is 7.11. The van der Waals surface area contributed by atoms with E-state index in [9.17, 15) is 4.79 Å². The average molecular weight is 267 g/mol. The van der Waals surface area contributed by atoms with Gasteiger partial charge < -0.3 is 4.74 Å². The Morgan fingerprint density at radius 3 is 2.53 bits per heavy atom. The first kappa shape index (κ1) is 15.7. The fourth-order valence-corrected chi connectivity index (χ4v) is 2.16. The van der Waals surface area contributed by atoms with Crippen molar-refractivity contribution < 1.29 is 9.53 Å². The number of unbranched alkanes of at least 4 members (excludes halogenated alkanes) is 4. The van der Waals surface area contributed by atoms with Crippen LogP contribution in [0.4, 0.5) is 0 Å². The maximum Gasteiger partial charge on any atom is 0.360 e. The van der Waals surface area contributed by atoms with Crippen molar-refractivity contribution in [3.63, 3.8) is 0 Å². The molecule has 0 bridgehead atoms. The summed E-state index contributed by atoms with van der Waals surface area (Å²) in [7, 11) is 1.37. The van der Waals surface area contributed by atoms with Gasteiger partial charge in [-0.1, -0.05) is 51.7 Å². The van der Waals surface area contributed by atoms with Crippen LogP contribution in [0.1, 0.15) is 75.0 Å². The number of hydrogen-bond acceptors (Lipinski definition) is 4. The number of hydrogen-bond donors (Lipinski definition) is 0. The Hall–Kier alpha value is -1.39. The van der Waals surface area contributed by atoms with Gasteiger partial charge in [-0.2, -0.15) is 0 Å². The first-order chi connectivity index (χ1) is 9.11. The standard InChI is InChI=1S/C14H25N3O2/c1-5-6-7-8-9-10-17-13(11(2)3)12(15-16-17)14(18)19-4/h11H,5-10H2,1-4H3. The third-order valence-electron chi connectivity index (χ3n) is 3.17. The minimum Gasteiger partial charge on any atom is -0.464 e. The Morgan fingerprint density at radius 2 is 1.95 bits per heavy atom. The molecule has 0 amide bonds. The fourth-order valence-electron chi connectivity index (χ4n) is 2.16. The minimum atomic E-state index is -0.402. The molecule has 0 spiro atoms. The van der Waals surface area contributed by atoms with Gasteiger partial charge in [-0.25, -0.2) is 9.48 Å². The van der Waals surface area contributed by atoms with E-state index in [-0.39, 0.29) is 5.92 Å². The highest BCUT2D eigenvalue weighted by Crippen LogP contribution is 2.19. The predicted molar refractivity (Wildman–Crippen MR) is 74.2 cm³/mol. The number of methoxy groups -OCH3 is 1. The van der Waals surface area contributed by atoms with Crippen molar-refractivity contribution in [2.45, 2.75) is 65.3 Å². The molecule has 1 rings (SSSR count). The number of nitrogens with zero attached hydrogens (tertiary/aromatic N) is 3. The Bertz CT molecular complexity index is 399. The molecular formula is C14H25N3O2. The van der Waals surface area contributed by atoms with E-state index in [1.54, 1.807) is 0 Å². The van der Waals surface area contributed by atoms with E-state index >= 15 is 0 Å². The van der Waals surface area contributed by atoms with Crippen molar-refractivity contribution in [3.05, 3.63) is 11.4 Å². The summed E-state index contributed by atoms with van der Waals surface area (Å²) in [5.74, 6) is -0.194. The lowest BCUT2D eigenvalue weighted by molar-refractivity contribution is 0.0592. The van der Waals surface area contributed by atoms with Crippen LogP contribution in [0, 0.1) is 0 Å². The van der Waals surface area contributed by atoms with E-state index in [0.29, 0.717) is 5.69 Å². The first-order valence-electron chi connectivity index (χ1n) is 7.13. The largest absolute Gasteiger partial charge is 0.464 e. The molecule has 0 aromatic carbocycles. The van der Waals surface area contributed by atoms with E-state index in [1.165, 1.54) is 32.8 Å². The van der Waals surface area contributed by atoms with Crippen LogP contribution in [0.25, 0.3) is 0 Å². The van der Waals surface area contributed by atoms with Crippen LogP contribution in [0.15, 0.2) is 0 Å². The predicted octanol–water partition coefficient (Wildman–Crippen LogP) is 3.16. The summed E-state index contributed by atoms with van der Waals surface area (Å²) >= 11 is 0. The number of ether oxygens (including phenoxy) is 1. The van der Waals surface area contributed by atoms with Gasteiger partial charge in [0.25, 0.3) is 0 Å². The molecule has 0 radical (unpaired) electrons. The minimum absolute atomic E-state index is 0.208. The molecule has 1 aromatic rings. The van der Waals surface area contributed by atoms with Crippen LogP contribution in [0.3, 0.4) is 0 Å². The highest BCUT2D eigenvalue weighted by Gasteiger charge is 2.22. The monoisotopic (exact) mass is 267 g/mol. The normalized spacial score (nSPS) is 11.0. The highest BCUT2D eigenvalue weighted by molar-refractivity contribution is 5.88. The molecule has 0 atom stereocenters. The van der Waals surface area contributed by atoms with Gasteiger partial charge in [-0.15, -0.1) is 5.10 Å². The molecule has 19 heavy (non-hydrogen) atoms. The van der Waals surface area contributed by atoms with E-state index in [0.717, 1.165) is 18.7 Å². The average Bonchev–Trinajstić information content (AvgIpc) is 2.81. The van der Waals surface area contributed by atoms with Gasteiger partial charge in [-0.3, -0.25) is 0 Å². The Kier molecular flexibility index (Phi) is 6.53. The summed E-state index contributed by atoms with van der Waals surface area (Å²) < 4.78 is 6.59. The van der Waals surface area contributed by atoms with E-state index in [4.69, 9.17) is 4.74 Å². The number of rotatable bonds is 8. The molecular weight excluding hydrogens is 242 g/mol. The smallest absolute Gasteiger partial charge is 0.360 e. The second-order valence-electron chi connectivity index (χ2n) is 5.11. The number of carbonyl (C=O) groups is 1. The number of aromatic nitrogens is 3. The van der Waals surface area contributed by atoms with Crippen molar-refractivity contribution in [2.24, 2.45) is 0 Å². The Balaban J connectivity index is 2.67. The molecule has 0 N–H and O–H groups in total. The van der Waals surface area contributed by atoms with Crippen molar-refractivity contribution in [1.82, 2.24) is 15.0 Å². The van der Waals surface area contributed by atoms with Crippen LogP contribution < -0.4 is 0 Å².